The maximum Gasteiger partial charge on any atom is 0.243 e. The number of fused-ring (bicyclic) bond motifs is 2. The van der Waals surface area contributed by atoms with Gasteiger partial charge in [0, 0.05) is 0 Å². The predicted octanol–water partition coefficient (Wildman–Crippen LogP) is 0.0776. The van der Waals surface area contributed by atoms with Gasteiger partial charge in [0.05, 0.1) is 13.7 Å². The van der Waals surface area contributed by atoms with Gasteiger partial charge in [-0.15, -0.1) is 0 Å². The van der Waals surface area contributed by atoms with Crippen molar-refractivity contribution in [3.63, 3.8) is 0 Å². The van der Waals surface area contributed by atoms with E-state index in [2.05, 4.69) is 25.3 Å². The molecule has 2 aliphatic rings. The first-order valence-electron chi connectivity index (χ1n) is 7.90. The summed E-state index contributed by atoms with van der Waals surface area (Å²) >= 11 is 0. The molecule has 10 heteroatoms. The summed E-state index contributed by atoms with van der Waals surface area (Å²) in [6.45, 7) is 3.49. The normalized spacial score (nSPS) is 30.4. The number of hydrogen-bond acceptors (Lipinski definition) is 10. The number of aliphatic hydroxyl groups is 1. The number of anilines is 1. The van der Waals surface area contributed by atoms with Crippen molar-refractivity contribution in [2.45, 2.75) is 44.2 Å². The smallest absolute Gasteiger partial charge is 0.243 e. The number of rotatable bonds is 4. The lowest BCUT2D eigenvalue weighted by Crippen LogP contribution is -2.35. The summed E-state index contributed by atoms with van der Waals surface area (Å²) < 4.78 is 22.8. The van der Waals surface area contributed by atoms with Gasteiger partial charge in [0.15, 0.2) is 23.3 Å². The van der Waals surface area contributed by atoms with Gasteiger partial charge in [-0.1, -0.05) is 0 Å². The molecule has 0 unspecified atom stereocenters. The second-order valence-corrected chi connectivity index (χ2v) is 6.29. The average molecular weight is 349 g/mol. The summed E-state index contributed by atoms with van der Waals surface area (Å²) in [4.78, 5) is 16.7. The standard InChI is InChI=1S/C15H19N5O5/c1-15(2)24-10-7(4-21)23-14(11(10)25-15)20-12-8-9(17-5-18-12)13(22-3)19-6-16-8/h5-7,10-11,14,21H,4H2,1-3H3,(H,17,18,20)/t7-,10-,11-,14-/m1/s1. The van der Waals surface area contributed by atoms with Crippen LogP contribution in [0.15, 0.2) is 12.7 Å². The van der Waals surface area contributed by atoms with E-state index in [0.717, 1.165) is 0 Å². The molecule has 2 aromatic rings. The highest BCUT2D eigenvalue weighted by Crippen LogP contribution is 2.39. The zero-order valence-electron chi connectivity index (χ0n) is 14.0. The Labute approximate surface area is 143 Å². The Bertz CT molecular complexity index is 788. The van der Waals surface area contributed by atoms with Crippen LogP contribution in [0.25, 0.3) is 11.0 Å². The fourth-order valence-electron chi connectivity index (χ4n) is 3.19. The molecule has 2 saturated heterocycles. The van der Waals surface area contributed by atoms with Gasteiger partial charge in [0.1, 0.15) is 36.5 Å². The van der Waals surface area contributed by atoms with Crippen molar-refractivity contribution in [3.05, 3.63) is 12.7 Å². The molecule has 2 aliphatic heterocycles. The minimum atomic E-state index is -0.744. The summed E-state index contributed by atoms with van der Waals surface area (Å²) in [5.74, 6) is 0.0721. The highest BCUT2D eigenvalue weighted by molar-refractivity contribution is 5.87. The highest BCUT2D eigenvalue weighted by Gasteiger charge is 2.55. The zero-order valence-corrected chi connectivity index (χ0v) is 14.0. The number of nitrogens with one attached hydrogen (secondary N) is 1. The Morgan fingerprint density at radius 1 is 1.12 bits per heavy atom. The van der Waals surface area contributed by atoms with E-state index >= 15 is 0 Å². The molecule has 134 valence electrons. The number of nitrogens with zero attached hydrogens (tertiary/aromatic N) is 4. The van der Waals surface area contributed by atoms with E-state index in [4.69, 9.17) is 18.9 Å². The lowest BCUT2D eigenvalue weighted by atomic mass is 10.1. The average Bonchev–Trinajstić information content (AvgIpc) is 3.08. The first-order chi connectivity index (χ1) is 12.0. The van der Waals surface area contributed by atoms with Crippen LogP contribution in [-0.4, -0.2) is 69.1 Å². The Balaban J connectivity index is 1.65. The van der Waals surface area contributed by atoms with Crippen LogP contribution < -0.4 is 10.1 Å². The molecule has 0 bridgehead atoms. The van der Waals surface area contributed by atoms with Crippen LogP contribution in [0.3, 0.4) is 0 Å². The van der Waals surface area contributed by atoms with Crippen molar-refractivity contribution in [3.8, 4) is 5.88 Å². The molecule has 0 spiro atoms. The van der Waals surface area contributed by atoms with Crippen LogP contribution in [0.5, 0.6) is 5.88 Å². The van der Waals surface area contributed by atoms with Crippen LogP contribution in [0.1, 0.15) is 13.8 Å². The second kappa shape index (κ2) is 5.99. The molecule has 2 N–H and O–H groups in total. The molecule has 4 heterocycles. The van der Waals surface area contributed by atoms with Crippen LogP contribution in [0, 0.1) is 0 Å². The van der Waals surface area contributed by atoms with E-state index in [1.165, 1.54) is 19.8 Å². The molecule has 0 amide bonds. The van der Waals surface area contributed by atoms with Crippen molar-refractivity contribution in [1.82, 2.24) is 19.9 Å². The van der Waals surface area contributed by atoms with Crippen molar-refractivity contribution < 1.29 is 24.1 Å². The molecule has 2 fully saturated rings. The number of hydrogen-bond donors (Lipinski definition) is 2. The minimum Gasteiger partial charge on any atom is -0.479 e. The quantitative estimate of drug-likeness (QED) is 0.784. The van der Waals surface area contributed by atoms with Gasteiger partial charge >= 0.3 is 0 Å². The number of ether oxygens (including phenoxy) is 4. The van der Waals surface area contributed by atoms with Crippen molar-refractivity contribution in [2.75, 3.05) is 19.0 Å². The predicted molar refractivity (Wildman–Crippen MR) is 84.9 cm³/mol. The number of aromatic nitrogens is 4. The Morgan fingerprint density at radius 2 is 1.84 bits per heavy atom. The summed E-state index contributed by atoms with van der Waals surface area (Å²) in [5.41, 5.74) is 0.986. The first kappa shape index (κ1) is 16.3. The van der Waals surface area contributed by atoms with Crippen LogP contribution in [0.4, 0.5) is 5.82 Å². The maximum absolute atomic E-state index is 9.56. The number of methoxy groups -OCH3 is 1. The van der Waals surface area contributed by atoms with Crippen molar-refractivity contribution >= 4 is 16.9 Å². The van der Waals surface area contributed by atoms with E-state index in [1.807, 2.05) is 13.8 Å². The Hall–Kier alpha value is -2.14. The number of aliphatic hydroxyl groups excluding tert-OH is 1. The molecule has 2 aromatic heterocycles. The van der Waals surface area contributed by atoms with Gasteiger partial charge in [-0.3, -0.25) is 0 Å². The van der Waals surface area contributed by atoms with E-state index < -0.39 is 18.1 Å². The van der Waals surface area contributed by atoms with Crippen molar-refractivity contribution in [2.24, 2.45) is 0 Å². The second-order valence-electron chi connectivity index (χ2n) is 6.29. The molecule has 4 rings (SSSR count). The molecule has 25 heavy (non-hydrogen) atoms. The molecule has 4 atom stereocenters. The van der Waals surface area contributed by atoms with Gasteiger partial charge in [-0.05, 0) is 13.8 Å². The first-order valence-corrected chi connectivity index (χ1v) is 7.90. The van der Waals surface area contributed by atoms with Gasteiger partial charge in [0.25, 0.3) is 0 Å². The third-order valence-electron chi connectivity index (χ3n) is 4.19. The molecular formula is C15H19N5O5. The summed E-state index contributed by atoms with van der Waals surface area (Å²) in [6.07, 6.45) is 0.978. The molecule has 0 aliphatic carbocycles. The highest BCUT2D eigenvalue weighted by atomic mass is 16.8. The Kier molecular flexibility index (Phi) is 3.91. The molecule has 0 saturated carbocycles. The SMILES string of the molecule is COc1ncnc2c(N[C@@H]3O[C@H](CO)[C@H]4OC(C)(C)O[C@H]43)ncnc12. The largest absolute Gasteiger partial charge is 0.479 e. The summed E-state index contributed by atoms with van der Waals surface area (Å²) in [7, 11) is 1.51. The Morgan fingerprint density at radius 3 is 2.60 bits per heavy atom. The molecule has 10 nitrogen and oxygen atoms in total. The van der Waals surface area contributed by atoms with E-state index in [1.54, 1.807) is 0 Å². The van der Waals surface area contributed by atoms with E-state index in [-0.39, 0.29) is 18.8 Å². The molecule has 0 radical (unpaired) electrons. The van der Waals surface area contributed by atoms with Gasteiger partial charge in [-0.25, -0.2) is 15.0 Å². The molecule has 0 aromatic carbocycles. The lowest BCUT2D eigenvalue weighted by molar-refractivity contribution is -0.187. The van der Waals surface area contributed by atoms with Crippen LogP contribution >= 0.6 is 0 Å². The maximum atomic E-state index is 9.56. The third-order valence-corrected chi connectivity index (χ3v) is 4.19. The minimum absolute atomic E-state index is 0.167. The van der Waals surface area contributed by atoms with Crippen molar-refractivity contribution in [1.29, 1.82) is 0 Å². The van der Waals surface area contributed by atoms with Gasteiger partial charge in [-0.2, -0.15) is 4.98 Å². The van der Waals surface area contributed by atoms with E-state index in [9.17, 15) is 5.11 Å². The fourth-order valence-corrected chi connectivity index (χ4v) is 3.19. The summed E-state index contributed by atoms with van der Waals surface area (Å²) in [6, 6.07) is 0. The fraction of sp³-hybridized carbons (Fsp3) is 0.600. The monoisotopic (exact) mass is 349 g/mol. The third kappa shape index (κ3) is 2.76. The zero-order chi connectivity index (χ0) is 17.6. The van der Waals surface area contributed by atoms with Gasteiger partial charge < -0.3 is 29.4 Å². The van der Waals surface area contributed by atoms with Crippen LogP contribution in [-0.2, 0) is 14.2 Å². The molecular weight excluding hydrogens is 330 g/mol. The van der Waals surface area contributed by atoms with Gasteiger partial charge in [0.2, 0.25) is 5.88 Å². The van der Waals surface area contributed by atoms with E-state index in [0.29, 0.717) is 22.7 Å². The topological polar surface area (TPSA) is 121 Å². The lowest BCUT2D eigenvalue weighted by Gasteiger charge is -2.24. The summed E-state index contributed by atoms with van der Waals surface area (Å²) in [5, 5.41) is 12.7. The van der Waals surface area contributed by atoms with Crippen LogP contribution in [0.2, 0.25) is 0 Å².